The van der Waals surface area contributed by atoms with Crippen molar-refractivity contribution in [2.24, 2.45) is 5.73 Å². The fraction of sp³-hybridized carbons (Fsp3) is 0.833. The van der Waals surface area contributed by atoms with Gasteiger partial charge in [0.1, 0.15) is 6.04 Å². The van der Waals surface area contributed by atoms with Crippen molar-refractivity contribution in [3.05, 3.63) is 0 Å². The summed E-state index contributed by atoms with van der Waals surface area (Å²) in [6, 6.07) is -0.685. The Kier molecular flexibility index (Phi) is 3.99. The zero-order valence-corrected chi connectivity index (χ0v) is 6.46. The van der Waals surface area contributed by atoms with E-state index in [9.17, 15) is 4.79 Å². The van der Waals surface area contributed by atoms with Crippen LogP contribution >= 0.6 is 0 Å². The lowest BCUT2D eigenvalue weighted by Crippen LogP contribution is -2.41. The second kappa shape index (κ2) is 4.24. The van der Waals surface area contributed by atoms with Crippen molar-refractivity contribution >= 4 is 5.97 Å². The molecule has 4 nitrogen and oxygen atoms in total. The predicted molar refractivity (Wildman–Crippen MR) is 36.5 cm³/mol. The molecule has 1 unspecified atom stereocenters. The predicted octanol–water partition coefficient (Wildman–Crippen LogP) is -0.478. The molecular formula is C6H13NO3. The molecule has 0 aliphatic carbocycles. The molecule has 0 saturated heterocycles. The summed E-state index contributed by atoms with van der Waals surface area (Å²) in [6.45, 7) is 1.71. The fourth-order valence-electron chi connectivity index (χ4n) is 0.474. The molecule has 0 rings (SSSR count). The Labute approximate surface area is 60.3 Å². The van der Waals surface area contributed by atoms with E-state index in [1.165, 1.54) is 14.2 Å². The third kappa shape index (κ3) is 2.33. The summed E-state index contributed by atoms with van der Waals surface area (Å²) in [7, 11) is 2.79. The van der Waals surface area contributed by atoms with E-state index in [0.717, 1.165) is 0 Å². The van der Waals surface area contributed by atoms with Gasteiger partial charge in [0.15, 0.2) is 0 Å². The average Bonchev–Trinajstić information content (AvgIpc) is 2.00. The Hall–Kier alpha value is -0.610. The van der Waals surface area contributed by atoms with Gasteiger partial charge in [-0.1, -0.05) is 0 Å². The molecule has 0 bridgehead atoms. The molecule has 0 aliphatic rings. The number of hydrogen-bond acceptors (Lipinski definition) is 4. The van der Waals surface area contributed by atoms with Crippen LogP contribution < -0.4 is 5.73 Å². The van der Waals surface area contributed by atoms with Crippen LogP contribution in [0.5, 0.6) is 0 Å². The monoisotopic (exact) mass is 147 g/mol. The summed E-state index contributed by atoms with van der Waals surface area (Å²) < 4.78 is 9.20. The highest BCUT2D eigenvalue weighted by atomic mass is 16.5. The highest BCUT2D eigenvalue weighted by molar-refractivity contribution is 5.75. The summed E-state index contributed by atoms with van der Waals surface area (Å²) >= 11 is 0. The standard InChI is InChI=1S/C6H13NO3/c1-4(9-2)5(7)6(8)10-3/h4-5H,7H2,1-3H3/t4-,5?/m1/s1. The second-order valence-electron chi connectivity index (χ2n) is 1.99. The molecule has 0 aromatic heterocycles. The Morgan fingerprint density at radius 3 is 2.30 bits per heavy atom. The average molecular weight is 147 g/mol. The van der Waals surface area contributed by atoms with Crippen molar-refractivity contribution in [2.45, 2.75) is 19.1 Å². The van der Waals surface area contributed by atoms with E-state index in [4.69, 9.17) is 10.5 Å². The Balaban J connectivity index is 3.81. The second-order valence-corrected chi connectivity index (χ2v) is 1.99. The van der Waals surface area contributed by atoms with E-state index in [0.29, 0.717) is 0 Å². The van der Waals surface area contributed by atoms with Crippen molar-refractivity contribution in [1.82, 2.24) is 0 Å². The molecule has 0 aromatic carbocycles. The minimum absolute atomic E-state index is 0.299. The number of ether oxygens (including phenoxy) is 2. The molecule has 2 N–H and O–H groups in total. The number of nitrogens with two attached hydrogens (primary N) is 1. The Morgan fingerprint density at radius 2 is 2.00 bits per heavy atom. The molecule has 2 atom stereocenters. The van der Waals surface area contributed by atoms with Gasteiger partial charge in [0.2, 0.25) is 0 Å². The van der Waals surface area contributed by atoms with Gasteiger partial charge < -0.3 is 15.2 Å². The van der Waals surface area contributed by atoms with Crippen LogP contribution in [-0.2, 0) is 14.3 Å². The van der Waals surface area contributed by atoms with E-state index in [1.807, 2.05) is 0 Å². The van der Waals surface area contributed by atoms with Crippen LogP contribution in [0, 0.1) is 0 Å². The molecule has 4 heteroatoms. The van der Waals surface area contributed by atoms with Crippen LogP contribution in [0.2, 0.25) is 0 Å². The number of esters is 1. The normalized spacial score (nSPS) is 16.0. The molecule has 60 valence electrons. The van der Waals surface area contributed by atoms with Gasteiger partial charge in [0, 0.05) is 7.11 Å². The van der Waals surface area contributed by atoms with Gasteiger partial charge in [0.25, 0.3) is 0 Å². The SMILES string of the molecule is COC(=O)C(N)[C@@H](C)OC. The van der Waals surface area contributed by atoms with Crippen LogP contribution in [-0.4, -0.2) is 32.3 Å². The van der Waals surface area contributed by atoms with Crippen molar-refractivity contribution in [3.63, 3.8) is 0 Å². The van der Waals surface area contributed by atoms with Crippen LogP contribution in [0.4, 0.5) is 0 Å². The highest BCUT2D eigenvalue weighted by Gasteiger charge is 2.20. The minimum Gasteiger partial charge on any atom is -0.468 e. The highest BCUT2D eigenvalue weighted by Crippen LogP contribution is 1.95. The largest absolute Gasteiger partial charge is 0.468 e. The Bertz CT molecular complexity index is 116. The van der Waals surface area contributed by atoms with Gasteiger partial charge in [0.05, 0.1) is 13.2 Å². The topological polar surface area (TPSA) is 61.5 Å². The molecule has 0 spiro atoms. The van der Waals surface area contributed by atoms with E-state index in [1.54, 1.807) is 6.92 Å². The van der Waals surface area contributed by atoms with E-state index in [-0.39, 0.29) is 6.10 Å². The van der Waals surface area contributed by atoms with Gasteiger partial charge in [-0.05, 0) is 6.92 Å². The quantitative estimate of drug-likeness (QED) is 0.548. The number of carbonyl (C=O) groups excluding carboxylic acids is 1. The van der Waals surface area contributed by atoms with Gasteiger partial charge in [-0.2, -0.15) is 0 Å². The summed E-state index contributed by atoms with van der Waals surface area (Å²) in [6.07, 6.45) is -0.299. The number of methoxy groups -OCH3 is 2. The maximum atomic E-state index is 10.7. The first-order chi connectivity index (χ1) is 4.63. The molecule has 0 aromatic rings. The number of carbonyl (C=O) groups is 1. The zero-order chi connectivity index (χ0) is 8.15. The van der Waals surface area contributed by atoms with Gasteiger partial charge in [-0.3, -0.25) is 4.79 Å². The maximum absolute atomic E-state index is 10.7. The molecule has 0 amide bonds. The van der Waals surface area contributed by atoms with E-state index >= 15 is 0 Å². The summed E-state index contributed by atoms with van der Waals surface area (Å²) in [4.78, 5) is 10.7. The van der Waals surface area contributed by atoms with Crippen LogP contribution in [0.25, 0.3) is 0 Å². The molecule has 0 radical (unpaired) electrons. The first-order valence-corrected chi connectivity index (χ1v) is 2.99. The van der Waals surface area contributed by atoms with E-state index < -0.39 is 12.0 Å². The molecule has 0 aliphatic heterocycles. The molecular weight excluding hydrogens is 134 g/mol. The maximum Gasteiger partial charge on any atom is 0.325 e. The summed E-state index contributed by atoms with van der Waals surface area (Å²) in [5.41, 5.74) is 5.38. The van der Waals surface area contributed by atoms with Crippen molar-refractivity contribution in [2.75, 3.05) is 14.2 Å². The molecule has 0 saturated carbocycles. The fourth-order valence-corrected chi connectivity index (χ4v) is 0.474. The van der Waals surface area contributed by atoms with Gasteiger partial charge >= 0.3 is 5.97 Å². The third-order valence-corrected chi connectivity index (χ3v) is 1.35. The van der Waals surface area contributed by atoms with E-state index in [2.05, 4.69) is 4.74 Å². The number of rotatable bonds is 3. The molecule has 0 fully saturated rings. The molecule has 0 heterocycles. The smallest absolute Gasteiger partial charge is 0.325 e. The summed E-state index contributed by atoms with van der Waals surface area (Å²) in [5, 5.41) is 0. The zero-order valence-electron chi connectivity index (χ0n) is 6.46. The van der Waals surface area contributed by atoms with Crippen molar-refractivity contribution < 1.29 is 14.3 Å². The van der Waals surface area contributed by atoms with Gasteiger partial charge in [-0.25, -0.2) is 0 Å². The van der Waals surface area contributed by atoms with Crippen LogP contribution in [0.3, 0.4) is 0 Å². The first kappa shape index (κ1) is 9.39. The number of hydrogen-bond donors (Lipinski definition) is 1. The molecule has 10 heavy (non-hydrogen) atoms. The Morgan fingerprint density at radius 1 is 1.50 bits per heavy atom. The van der Waals surface area contributed by atoms with Crippen molar-refractivity contribution in [1.29, 1.82) is 0 Å². The lowest BCUT2D eigenvalue weighted by atomic mass is 10.2. The van der Waals surface area contributed by atoms with Gasteiger partial charge in [-0.15, -0.1) is 0 Å². The van der Waals surface area contributed by atoms with Crippen LogP contribution in [0.1, 0.15) is 6.92 Å². The van der Waals surface area contributed by atoms with Crippen LogP contribution in [0.15, 0.2) is 0 Å². The lowest BCUT2D eigenvalue weighted by Gasteiger charge is -2.15. The summed E-state index contributed by atoms with van der Waals surface area (Å²) in [5.74, 6) is -0.450. The lowest BCUT2D eigenvalue weighted by molar-refractivity contribution is -0.145. The minimum atomic E-state index is -0.685. The third-order valence-electron chi connectivity index (χ3n) is 1.35. The van der Waals surface area contributed by atoms with Crippen molar-refractivity contribution in [3.8, 4) is 0 Å². The first-order valence-electron chi connectivity index (χ1n) is 2.99.